The SMILES string of the molecule is COc1cccc(NC(=S)N(CCc2c(C)[nH]c3ccccc23)Cc2ccncc2)c1. The maximum Gasteiger partial charge on any atom is 0.173 e. The van der Waals surface area contributed by atoms with E-state index < -0.39 is 0 Å². The Labute approximate surface area is 188 Å². The summed E-state index contributed by atoms with van der Waals surface area (Å²) in [6, 6.07) is 20.3. The van der Waals surface area contributed by atoms with Crippen molar-refractivity contribution in [2.45, 2.75) is 19.9 Å². The van der Waals surface area contributed by atoms with Crippen molar-refractivity contribution < 1.29 is 4.74 Å². The summed E-state index contributed by atoms with van der Waals surface area (Å²) in [6.45, 7) is 3.63. The van der Waals surface area contributed by atoms with Crippen LogP contribution in [-0.4, -0.2) is 33.6 Å². The Morgan fingerprint density at radius 3 is 2.71 bits per heavy atom. The van der Waals surface area contributed by atoms with E-state index in [-0.39, 0.29) is 0 Å². The number of methoxy groups -OCH3 is 1. The molecule has 31 heavy (non-hydrogen) atoms. The number of pyridine rings is 1. The molecule has 0 aliphatic carbocycles. The molecule has 158 valence electrons. The van der Waals surface area contributed by atoms with E-state index in [2.05, 4.69) is 51.4 Å². The molecule has 0 fully saturated rings. The number of rotatable bonds is 7. The number of hydrogen-bond donors (Lipinski definition) is 2. The zero-order valence-corrected chi connectivity index (χ0v) is 18.6. The lowest BCUT2D eigenvalue weighted by molar-refractivity contribution is 0.414. The summed E-state index contributed by atoms with van der Waals surface area (Å²) in [5, 5.41) is 5.33. The van der Waals surface area contributed by atoms with Gasteiger partial charge in [-0.3, -0.25) is 4.98 Å². The molecule has 4 rings (SSSR count). The van der Waals surface area contributed by atoms with Gasteiger partial charge in [0.1, 0.15) is 5.75 Å². The maximum atomic E-state index is 5.81. The van der Waals surface area contributed by atoms with Gasteiger partial charge in [-0.1, -0.05) is 24.3 Å². The third kappa shape index (κ3) is 5.03. The van der Waals surface area contributed by atoms with E-state index >= 15 is 0 Å². The lowest BCUT2D eigenvalue weighted by Crippen LogP contribution is -2.36. The lowest BCUT2D eigenvalue weighted by atomic mass is 10.1. The first-order valence-corrected chi connectivity index (χ1v) is 10.7. The number of aromatic nitrogens is 2. The van der Waals surface area contributed by atoms with Crippen molar-refractivity contribution in [1.29, 1.82) is 0 Å². The molecule has 5 nitrogen and oxygen atoms in total. The molecular weight excluding hydrogens is 404 g/mol. The van der Waals surface area contributed by atoms with E-state index in [4.69, 9.17) is 17.0 Å². The van der Waals surface area contributed by atoms with Crippen LogP contribution >= 0.6 is 12.2 Å². The van der Waals surface area contributed by atoms with E-state index in [9.17, 15) is 0 Å². The monoisotopic (exact) mass is 430 g/mol. The van der Waals surface area contributed by atoms with Crippen LogP contribution in [0.5, 0.6) is 5.75 Å². The Hall–Kier alpha value is -3.38. The van der Waals surface area contributed by atoms with Crippen LogP contribution in [0.2, 0.25) is 0 Å². The second-order valence-electron chi connectivity index (χ2n) is 7.46. The second kappa shape index (κ2) is 9.62. The summed E-state index contributed by atoms with van der Waals surface area (Å²) < 4.78 is 5.34. The van der Waals surface area contributed by atoms with E-state index in [0.29, 0.717) is 11.7 Å². The van der Waals surface area contributed by atoms with Crippen LogP contribution in [0.15, 0.2) is 73.1 Å². The predicted octanol–water partition coefficient (Wildman–Crippen LogP) is 5.32. The van der Waals surface area contributed by atoms with Gasteiger partial charge in [0.05, 0.1) is 7.11 Å². The van der Waals surface area contributed by atoms with Gasteiger partial charge in [-0.2, -0.15) is 0 Å². The van der Waals surface area contributed by atoms with Crippen LogP contribution in [0.3, 0.4) is 0 Å². The molecule has 2 aromatic carbocycles. The number of nitrogens with one attached hydrogen (secondary N) is 2. The Morgan fingerprint density at radius 2 is 1.90 bits per heavy atom. The smallest absolute Gasteiger partial charge is 0.173 e. The molecule has 0 amide bonds. The minimum atomic E-state index is 0.683. The fourth-order valence-electron chi connectivity index (χ4n) is 3.77. The number of aromatic amines is 1. The molecule has 0 bridgehead atoms. The van der Waals surface area contributed by atoms with Crippen molar-refractivity contribution in [2.24, 2.45) is 0 Å². The Balaban J connectivity index is 1.54. The van der Waals surface area contributed by atoms with Gasteiger partial charge in [0.2, 0.25) is 0 Å². The highest BCUT2D eigenvalue weighted by Crippen LogP contribution is 2.23. The molecule has 2 aromatic heterocycles. The number of anilines is 1. The molecule has 0 atom stereocenters. The second-order valence-corrected chi connectivity index (χ2v) is 7.85. The van der Waals surface area contributed by atoms with Crippen molar-refractivity contribution in [3.63, 3.8) is 0 Å². The van der Waals surface area contributed by atoms with Crippen LogP contribution in [0.4, 0.5) is 5.69 Å². The maximum absolute atomic E-state index is 5.81. The molecule has 0 spiro atoms. The molecule has 2 heterocycles. The number of fused-ring (bicyclic) bond motifs is 1. The van der Waals surface area contributed by atoms with Gasteiger partial charge in [-0.15, -0.1) is 0 Å². The van der Waals surface area contributed by atoms with Crippen molar-refractivity contribution in [1.82, 2.24) is 14.9 Å². The van der Waals surface area contributed by atoms with Gasteiger partial charge >= 0.3 is 0 Å². The zero-order chi connectivity index (χ0) is 21.6. The number of aryl methyl sites for hydroxylation is 1. The summed E-state index contributed by atoms with van der Waals surface area (Å²) in [6.07, 6.45) is 4.52. The Kier molecular flexibility index (Phi) is 6.48. The highest BCUT2D eigenvalue weighted by Gasteiger charge is 2.14. The summed E-state index contributed by atoms with van der Waals surface area (Å²) in [4.78, 5) is 9.82. The minimum absolute atomic E-state index is 0.683. The number of para-hydroxylation sites is 1. The average molecular weight is 431 g/mol. The molecule has 2 N–H and O–H groups in total. The molecule has 0 aliphatic heterocycles. The summed E-state index contributed by atoms with van der Waals surface area (Å²) in [5.41, 5.74) is 5.79. The number of ether oxygens (including phenoxy) is 1. The number of thiocarbonyl (C=S) groups is 1. The fourth-order valence-corrected chi connectivity index (χ4v) is 4.04. The molecule has 0 aliphatic rings. The van der Waals surface area contributed by atoms with Crippen LogP contribution < -0.4 is 10.1 Å². The van der Waals surface area contributed by atoms with E-state index in [1.807, 2.05) is 48.8 Å². The van der Waals surface area contributed by atoms with Gasteiger partial charge in [0, 0.05) is 53.8 Å². The number of H-pyrrole nitrogens is 1. The summed E-state index contributed by atoms with van der Waals surface area (Å²) in [5.74, 6) is 0.794. The van der Waals surface area contributed by atoms with E-state index in [1.54, 1.807) is 7.11 Å². The van der Waals surface area contributed by atoms with Gasteiger partial charge < -0.3 is 19.9 Å². The quantitative estimate of drug-likeness (QED) is 0.389. The fraction of sp³-hybridized carbons (Fsp3) is 0.200. The van der Waals surface area contributed by atoms with Crippen molar-refractivity contribution in [2.75, 3.05) is 19.0 Å². The van der Waals surface area contributed by atoms with Crippen molar-refractivity contribution >= 4 is 33.9 Å². The molecule has 0 saturated heterocycles. The predicted molar refractivity (Wildman–Crippen MR) is 131 cm³/mol. The highest BCUT2D eigenvalue weighted by atomic mass is 32.1. The van der Waals surface area contributed by atoms with Gasteiger partial charge in [0.15, 0.2) is 5.11 Å². The molecule has 4 aromatic rings. The molecule has 0 radical (unpaired) electrons. The number of nitrogens with zero attached hydrogens (tertiary/aromatic N) is 2. The molecule has 6 heteroatoms. The minimum Gasteiger partial charge on any atom is -0.497 e. The van der Waals surface area contributed by atoms with Gasteiger partial charge in [-0.25, -0.2) is 0 Å². The standard InChI is InChI=1S/C25H26N4OS/c1-18-22(23-8-3-4-9-24(23)27-18)12-15-29(17-19-10-13-26-14-11-19)25(31)28-20-6-5-7-21(16-20)30-2/h3-11,13-14,16,27H,12,15,17H2,1-2H3,(H,28,31). The Morgan fingerprint density at radius 1 is 1.10 bits per heavy atom. The van der Waals surface area contributed by atoms with Gasteiger partial charge in [-0.05, 0) is 67.0 Å². The summed E-state index contributed by atoms with van der Waals surface area (Å²) >= 11 is 5.81. The third-order valence-corrected chi connectivity index (χ3v) is 5.75. The Bertz CT molecular complexity index is 1170. The highest BCUT2D eigenvalue weighted by molar-refractivity contribution is 7.80. The van der Waals surface area contributed by atoms with Crippen LogP contribution in [0, 0.1) is 6.92 Å². The molecular formula is C25H26N4OS. The number of benzene rings is 2. The molecule has 0 unspecified atom stereocenters. The normalized spacial score (nSPS) is 10.8. The lowest BCUT2D eigenvalue weighted by Gasteiger charge is -2.26. The zero-order valence-electron chi connectivity index (χ0n) is 17.8. The largest absolute Gasteiger partial charge is 0.497 e. The average Bonchev–Trinajstić information content (AvgIpc) is 3.12. The van der Waals surface area contributed by atoms with Gasteiger partial charge in [0.25, 0.3) is 0 Å². The van der Waals surface area contributed by atoms with Crippen molar-refractivity contribution in [3.05, 3.63) is 89.9 Å². The first-order chi connectivity index (χ1) is 15.1. The van der Waals surface area contributed by atoms with E-state index in [1.165, 1.54) is 27.7 Å². The number of hydrogen-bond acceptors (Lipinski definition) is 3. The first kappa shape index (κ1) is 20.9. The van der Waals surface area contributed by atoms with Crippen LogP contribution in [0.25, 0.3) is 10.9 Å². The van der Waals surface area contributed by atoms with Crippen LogP contribution in [-0.2, 0) is 13.0 Å². The van der Waals surface area contributed by atoms with E-state index in [0.717, 1.165) is 24.4 Å². The third-order valence-electron chi connectivity index (χ3n) is 5.39. The van der Waals surface area contributed by atoms with Crippen LogP contribution in [0.1, 0.15) is 16.8 Å². The molecule has 0 saturated carbocycles. The topological polar surface area (TPSA) is 53.2 Å². The first-order valence-electron chi connectivity index (χ1n) is 10.3. The summed E-state index contributed by atoms with van der Waals surface area (Å²) in [7, 11) is 1.66. The van der Waals surface area contributed by atoms with Crippen molar-refractivity contribution in [3.8, 4) is 5.75 Å².